The zero-order chi connectivity index (χ0) is 22.6. The minimum absolute atomic E-state index is 0.0165. The fraction of sp³-hybridized carbons (Fsp3) is 0.263. The molecule has 0 saturated heterocycles. The first-order chi connectivity index (χ1) is 13.9. The van der Waals surface area contributed by atoms with Crippen LogP contribution in [0, 0.1) is 0 Å². The summed E-state index contributed by atoms with van der Waals surface area (Å²) in [7, 11) is -1.07. The van der Waals surface area contributed by atoms with Crippen molar-refractivity contribution in [3.05, 3.63) is 57.0 Å². The number of esters is 1. The summed E-state index contributed by atoms with van der Waals surface area (Å²) in [5.74, 6) is -1.27. The lowest BCUT2D eigenvalue weighted by Crippen LogP contribution is -2.30. The molecule has 0 aliphatic rings. The van der Waals surface area contributed by atoms with Crippen molar-refractivity contribution in [3.8, 4) is 0 Å². The molecule has 11 heteroatoms. The Hall–Kier alpha value is -1.84. The van der Waals surface area contributed by atoms with E-state index in [1.807, 2.05) is 0 Å². The predicted molar refractivity (Wildman–Crippen MR) is 117 cm³/mol. The van der Waals surface area contributed by atoms with Crippen molar-refractivity contribution in [1.82, 2.24) is 4.31 Å². The minimum Gasteiger partial charge on any atom is -0.452 e. The second-order valence-corrected chi connectivity index (χ2v) is 9.82. The first-order valence-electron chi connectivity index (χ1n) is 8.58. The predicted octanol–water partition coefficient (Wildman–Crippen LogP) is 4.01. The normalized spacial score (nSPS) is 12.5. The molecule has 1 N–H and O–H groups in total. The van der Waals surface area contributed by atoms with E-state index in [9.17, 15) is 18.0 Å². The Balaban J connectivity index is 2.05. The molecule has 7 nitrogen and oxygen atoms in total. The van der Waals surface area contributed by atoms with Crippen molar-refractivity contribution in [1.29, 1.82) is 0 Å². The van der Waals surface area contributed by atoms with Crippen LogP contribution < -0.4 is 5.32 Å². The molecule has 0 aliphatic carbocycles. The highest BCUT2D eigenvalue weighted by atomic mass is 35.5. The van der Waals surface area contributed by atoms with Gasteiger partial charge in [-0.1, -0.05) is 40.9 Å². The van der Waals surface area contributed by atoms with Gasteiger partial charge in [0, 0.05) is 19.8 Å². The number of sulfonamides is 1. The van der Waals surface area contributed by atoms with E-state index in [0.29, 0.717) is 15.6 Å². The van der Waals surface area contributed by atoms with Gasteiger partial charge in [0.05, 0.1) is 21.5 Å². The molecule has 1 atom stereocenters. The van der Waals surface area contributed by atoms with Crippen molar-refractivity contribution in [2.45, 2.75) is 24.3 Å². The van der Waals surface area contributed by atoms with Crippen LogP contribution in [0.2, 0.25) is 15.1 Å². The first kappa shape index (κ1) is 24.4. The second kappa shape index (κ2) is 9.98. The first-order valence-corrected chi connectivity index (χ1v) is 11.2. The molecule has 0 spiro atoms. The SMILES string of the molecule is CC(OC(=O)Cc1ccc(Cl)c(Cl)c1)C(=O)Nc1ccc(Cl)c(S(=O)(=O)N(C)C)c1. The molecule has 1 amide bonds. The Morgan fingerprint density at radius 2 is 1.67 bits per heavy atom. The van der Waals surface area contributed by atoms with Crippen LogP contribution in [0.1, 0.15) is 12.5 Å². The van der Waals surface area contributed by atoms with Gasteiger partial charge in [-0.05, 0) is 42.8 Å². The number of hydrogen-bond donors (Lipinski definition) is 1. The van der Waals surface area contributed by atoms with Crippen LogP contribution in [-0.2, 0) is 30.8 Å². The van der Waals surface area contributed by atoms with Gasteiger partial charge in [-0.3, -0.25) is 9.59 Å². The Kier molecular flexibility index (Phi) is 8.13. The molecule has 2 rings (SSSR count). The van der Waals surface area contributed by atoms with Crippen LogP contribution in [0.4, 0.5) is 5.69 Å². The standard InChI is InChI=1S/C19H19Cl3N2O5S/c1-11(29-18(25)9-12-4-6-14(20)16(22)8-12)19(26)23-13-5-7-15(21)17(10-13)30(27,28)24(2)3/h4-8,10-11H,9H2,1-3H3,(H,23,26). The Morgan fingerprint density at radius 3 is 2.27 bits per heavy atom. The number of ether oxygens (including phenoxy) is 1. The van der Waals surface area contributed by atoms with Gasteiger partial charge in [-0.25, -0.2) is 12.7 Å². The van der Waals surface area contributed by atoms with Gasteiger partial charge in [0.1, 0.15) is 4.90 Å². The molecular weight excluding hydrogens is 475 g/mol. The van der Waals surface area contributed by atoms with E-state index in [0.717, 1.165) is 4.31 Å². The molecule has 162 valence electrons. The number of benzene rings is 2. The summed E-state index contributed by atoms with van der Waals surface area (Å²) in [6, 6.07) is 8.76. The third-order valence-corrected chi connectivity index (χ3v) is 7.00. The number of amides is 1. The van der Waals surface area contributed by atoms with Gasteiger partial charge in [0.25, 0.3) is 5.91 Å². The number of anilines is 1. The lowest BCUT2D eigenvalue weighted by Gasteiger charge is -2.16. The summed E-state index contributed by atoms with van der Waals surface area (Å²) in [4.78, 5) is 24.3. The summed E-state index contributed by atoms with van der Waals surface area (Å²) < 4.78 is 30.8. The van der Waals surface area contributed by atoms with Crippen molar-refractivity contribution >= 4 is 62.4 Å². The van der Waals surface area contributed by atoms with Crippen LogP contribution >= 0.6 is 34.8 Å². The van der Waals surface area contributed by atoms with Gasteiger partial charge >= 0.3 is 5.97 Å². The van der Waals surface area contributed by atoms with Gasteiger partial charge in [-0.2, -0.15) is 0 Å². The Labute approximate surface area is 189 Å². The van der Waals surface area contributed by atoms with E-state index in [1.54, 1.807) is 12.1 Å². The zero-order valence-corrected chi connectivity index (χ0v) is 19.4. The van der Waals surface area contributed by atoms with Crippen molar-refractivity contribution < 1.29 is 22.7 Å². The van der Waals surface area contributed by atoms with Crippen molar-refractivity contribution in [3.63, 3.8) is 0 Å². The maximum atomic E-state index is 12.4. The zero-order valence-electron chi connectivity index (χ0n) is 16.3. The molecule has 0 bridgehead atoms. The Bertz CT molecular complexity index is 1070. The van der Waals surface area contributed by atoms with E-state index in [4.69, 9.17) is 39.5 Å². The lowest BCUT2D eigenvalue weighted by molar-refractivity contribution is -0.152. The van der Waals surface area contributed by atoms with Crippen molar-refractivity contribution in [2.75, 3.05) is 19.4 Å². The highest BCUT2D eigenvalue weighted by molar-refractivity contribution is 7.89. The summed E-state index contributed by atoms with van der Waals surface area (Å²) in [6.45, 7) is 1.40. The second-order valence-electron chi connectivity index (χ2n) is 6.48. The molecular formula is C19H19Cl3N2O5S. The van der Waals surface area contributed by atoms with Crippen LogP contribution in [0.25, 0.3) is 0 Å². The third-order valence-electron chi connectivity index (χ3n) is 3.97. The van der Waals surface area contributed by atoms with Crippen molar-refractivity contribution in [2.24, 2.45) is 0 Å². The van der Waals surface area contributed by atoms with E-state index in [2.05, 4.69) is 5.32 Å². The molecule has 0 fully saturated rings. The molecule has 2 aromatic carbocycles. The quantitative estimate of drug-likeness (QED) is 0.588. The smallest absolute Gasteiger partial charge is 0.311 e. The fourth-order valence-corrected chi connectivity index (χ4v) is 4.04. The molecule has 0 radical (unpaired) electrons. The summed E-state index contributed by atoms with van der Waals surface area (Å²) >= 11 is 17.7. The molecule has 2 aromatic rings. The molecule has 0 aliphatic heterocycles. The number of carbonyl (C=O) groups is 2. The van der Waals surface area contributed by atoms with E-state index >= 15 is 0 Å². The maximum absolute atomic E-state index is 12.4. The summed E-state index contributed by atoms with van der Waals surface area (Å²) in [5, 5.41) is 3.19. The molecule has 0 aromatic heterocycles. The van der Waals surface area contributed by atoms with E-state index in [1.165, 1.54) is 45.3 Å². The fourth-order valence-electron chi connectivity index (χ4n) is 2.33. The molecule has 30 heavy (non-hydrogen) atoms. The number of nitrogens with zero attached hydrogens (tertiary/aromatic N) is 1. The molecule has 0 heterocycles. The van der Waals surface area contributed by atoms with Crippen LogP contribution in [0.5, 0.6) is 0 Å². The maximum Gasteiger partial charge on any atom is 0.311 e. The van der Waals surface area contributed by atoms with Gasteiger partial charge < -0.3 is 10.1 Å². The number of nitrogens with one attached hydrogen (secondary N) is 1. The lowest BCUT2D eigenvalue weighted by atomic mass is 10.1. The highest BCUT2D eigenvalue weighted by Crippen LogP contribution is 2.27. The largest absolute Gasteiger partial charge is 0.452 e. The molecule has 1 unspecified atom stereocenters. The third kappa shape index (κ3) is 6.09. The average Bonchev–Trinajstić information content (AvgIpc) is 2.65. The number of hydrogen-bond acceptors (Lipinski definition) is 5. The number of rotatable bonds is 7. The minimum atomic E-state index is -3.80. The van der Waals surface area contributed by atoms with Crippen LogP contribution in [-0.4, -0.2) is 44.8 Å². The summed E-state index contributed by atoms with van der Waals surface area (Å²) in [6.07, 6.45) is -1.22. The average molecular weight is 494 g/mol. The number of halogens is 3. The monoisotopic (exact) mass is 492 g/mol. The molecule has 0 saturated carbocycles. The highest BCUT2D eigenvalue weighted by Gasteiger charge is 2.23. The van der Waals surface area contributed by atoms with Gasteiger partial charge in [0.15, 0.2) is 6.10 Å². The van der Waals surface area contributed by atoms with Crippen LogP contribution in [0.15, 0.2) is 41.3 Å². The van der Waals surface area contributed by atoms with Gasteiger partial charge in [-0.15, -0.1) is 0 Å². The Morgan fingerprint density at radius 1 is 1.03 bits per heavy atom. The van der Waals surface area contributed by atoms with Gasteiger partial charge in [0.2, 0.25) is 10.0 Å². The van der Waals surface area contributed by atoms with Crippen LogP contribution in [0.3, 0.4) is 0 Å². The van der Waals surface area contributed by atoms with E-state index < -0.39 is 28.0 Å². The number of carbonyl (C=O) groups excluding carboxylic acids is 2. The topological polar surface area (TPSA) is 92.8 Å². The summed E-state index contributed by atoms with van der Waals surface area (Å²) in [5.41, 5.74) is 0.774. The van der Waals surface area contributed by atoms with E-state index in [-0.39, 0.29) is 22.0 Å².